The molecule has 0 radical (unpaired) electrons. The van der Waals surface area contributed by atoms with Crippen LogP contribution in [0.4, 0.5) is 0 Å². The first-order chi connectivity index (χ1) is 5.70. The summed E-state index contributed by atoms with van der Waals surface area (Å²) >= 11 is 0. The van der Waals surface area contributed by atoms with Gasteiger partial charge in [0.05, 0.1) is 19.1 Å². The van der Waals surface area contributed by atoms with Crippen LogP contribution in [0, 0.1) is 0 Å². The third-order valence-electron chi connectivity index (χ3n) is 1.45. The van der Waals surface area contributed by atoms with Gasteiger partial charge >= 0.3 is 5.97 Å². The van der Waals surface area contributed by atoms with E-state index in [0.29, 0.717) is 13.0 Å². The molecule has 0 aliphatic heterocycles. The highest BCUT2D eigenvalue weighted by molar-refractivity contribution is 7.09. The van der Waals surface area contributed by atoms with Crippen LogP contribution in [0.25, 0.3) is 0 Å². The highest BCUT2D eigenvalue weighted by Crippen LogP contribution is 2.03. The van der Waals surface area contributed by atoms with Crippen molar-refractivity contribution in [3.63, 3.8) is 0 Å². The van der Waals surface area contributed by atoms with Gasteiger partial charge < -0.3 is 9.26 Å². The van der Waals surface area contributed by atoms with Crippen molar-refractivity contribution >= 4 is 15.4 Å². The fourth-order valence-electron chi connectivity index (χ4n) is 0.672. The fraction of sp³-hybridized carbons (Fsp3) is 0.875. The second-order valence-corrected chi connectivity index (χ2v) is 3.00. The molecule has 0 aromatic heterocycles. The molecule has 0 saturated carbocycles. The Morgan fingerprint density at radius 3 is 2.75 bits per heavy atom. The number of hydrogen-bond donors (Lipinski definition) is 0. The number of rotatable bonds is 6. The molecular weight excluding hydrogens is 175 g/mol. The van der Waals surface area contributed by atoms with Crippen LogP contribution >= 0.6 is 9.47 Å². The standard InChI is InChI=1S/C8H17O3P/c1-3-4-5-10-8(9)6-7(2)11-12/h7H,3-6,12H2,1-2H3. The predicted molar refractivity (Wildman–Crippen MR) is 50.7 cm³/mol. The maximum Gasteiger partial charge on any atom is 0.308 e. The monoisotopic (exact) mass is 192 g/mol. The van der Waals surface area contributed by atoms with Crippen molar-refractivity contribution in [3.8, 4) is 0 Å². The zero-order valence-corrected chi connectivity index (χ0v) is 8.86. The molecule has 12 heavy (non-hydrogen) atoms. The summed E-state index contributed by atoms with van der Waals surface area (Å²) in [4.78, 5) is 11.0. The molecule has 2 unspecified atom stereocenters. The van der Waals surface area contributed by atoms with Crippen molar-refractivity contribution in [1.82, 2.24) is 0 Å². The quantitative estimate of drug-likeness (QED) is 0.366. The molecule has 0 rings (SSSR count). The number of carbonyl (C=O) groups is 1. The van der Waals surface area contributed by atoms with Gasteiger partial charge in [0.2, 0.25) is 0 Å². The van der Waals surface area contributed by atoms with E-state index in [1.54, 1.807) is 0 Å². The Labute approximate surface area is 76.1 Å². The minimum Gasteiger partial charge on any atom is -0.466 e. The van der Waals surface area contributed by atoms with E-state index in [4.69, 9.17) is 9.26 Å². The topological polar surface area (TPSA) is 35.5 Å². The minimum atomic E-state index is -0.182. The van der Waals surface area contributed by atoms with E-state index in [1.165, 1.54) is 0 Å². The first-order valence-corrected chi connectivity index (χ1v) is 4.69. The SMILES string of the molecule is CCCCOC(=O)CC(C)OP. The Morgan fingerprint density at radius 1 is 1.58 bits per heavy atom. The zero-order chi connectivity index (χ0) is 9.40. The van der Waals surface area contributed by atoms with Gasteiger partial charge in [-0.25, -0.2) is 0 Å². The lowest BCUT2D eigenvalue weighted by Crippen LogP contribution is -2.13. The zero-order valence-electron chi connectivity index (χ0n) is 7.71. The summed E-state index contributed by atoms with van der Waals surface area (Å²) in [6.45, 7) is 4.41. The van der Waals surface area contributed by atoms with Gasteiger partial charge in [-0.05, 0) is 13.3 Å². The summed E-state index contributed by atoms with van der Waals surface area (Å²) in [7, 11) is 2.13. The van der Waals surface area contributed by atoms with Gasteiger partial charge in [-0.15, -0.1) is 0 Å². The third kappa shape index (κ3) is 6.56. The van der Waals surface area contributed by atoms with Gasteiger partial charge in [0.15, 0.2) is 0 Å². The first-order valence-electron chi connectivity index (χ1n) is 4.21. The molecule has 0 aromatic rings. The molecule has 3 nitrogen and oxygen atoms in total. The van der Waals surface area contributed by atoms with Gasteiger partial charge in [0, 0.05) is 9.47 Å². The molecule has 72 valence electrons. The number of esters is 1. The lowest BCUT2D eigenvalue weighted by molar-refractivity contribution is -0.145. The Bertz CT molecular complexity index is 127. The van der Waals surface area contributed by atoms with Crippen LogP contribution in [-0.2, 0) is 14.1 Å². The summed E-state index contributed by atoms with van der Waals surface area (Å²) < 4.78 is 9.77. The van der Waals surface area contributed by atoms with Crippen molar-refractivity contribution in [2.24, 2.45) is 0 Å². The first kappa shape index (κ1) is 11.9. The summed E-state index contributed by atoms with van der Waals surface area (Å²) in [6, 6.07) is 0. The van der Waals surface area contributed by atoms with Gasteiger partial charge in [0.1, 0.15) is 0 Å². The normalized spacial score (nSPS) is 12.6. The van der Waals surface area contributed by atoms with Crippen LogP contribution < -0.4 is 0 Å². The van der Waals surface area contributed by atoms with Crippen LogP contribution in [0.15, 0.2) is 0 Å². The summed E-state index contributed by atoms with van der Waals surface area (Å²) in [5.74, 6) is -0.182. The van der Waals surface area contributed by atoms with Gasteiger partial charge in [0.25, 0.3) is 0 Å². The fourth-order valence-corrected chi connectivity index (χ4v) is 0.768. The average Bonchev–Trinajstić information content (AvgIpc) is 2.05. The smallest absolute Gasteiger partial charge is 0.308 e. The summed E-state index contributed by atoms with van der Waals surface area (Å²) in [5, 5.41) is 0. The van der Waals surface area contributed by atoms with E-state index >= 15 is 0 Å². The maximum atomic E-state index is 11.0. The Balaban J connectivity index is 3.33. The summed E-state index contributed by atoms with van der Waals surface area (Å²) in [5.41, 5.74) is 0. The molecule has 0 amide bonds. The Hall–Kier alpha value is -0.140. The molecule has 0 spiro atoms. The van der Waals surface area contributed by atoms with Crippen molar-refractivity contribution in [1.29, 1.82) is 0 Å². The van der Waals surface area contributed by atoms with Crippen LogP contribution in [0.2, 0.25) is 0 Å². The van der Waals surface area contributed by atoms with Gasteiger partial charge in [-0.3, -0.25) is 4.79 Å². The van der Waals surface area contributed by atoms with E-state index in [0.717, 1.165) is 12.8 Å². The van der Waals surface area contributed by atoms with Crippen molar-refractivity contribution in [2.45, 2.75) is 39.2 Å². The number of ether oxygens (including phenoxy) is 1. The predicted octanol–water partition coefficient (Wildman–Crippen LogP) is 1.92. The van der Waals surface area contributed by atoms with Crippen molar-refractivity contribution < 1.29 is 14.1 Å². The molecule has 4 heteroatoms. The maximum absolute atomic E-state index is 11.0. The molecule has 0 aliphatic carbocycles. The molecule has 0 aliphatic rings. The second kappa shape index (κ2) is 7.51. The highest BCUT2D eigenvalue weighted by Gasteiger charge is 2.08. The van der Waals surface area contributed by atoms with E-state index in [1.807, 2.05) is 6.92 Å². The Kier molecular flexibility index (Phi) is 7.42. The molecule has 0 aromatic carbocycles. The van der Waals surface area contributed by atoms with Crippen LogP contribution in [0.3, 0.4) is 0 Å². The van der Waals surface area contributed by atoms with Crippen molar-refractivity contribution in [3.05, 3.63) is 0 Å². The highest BCUT2D eigenvalue weighted by atomic mass is 31.0. The molecule has 0 bridgehead atoms. The van der Waals surface area contributed by atoms with E-state index in [-0.39, 0.29) is 12.1 Å². The minimum absolute atomic E-state index is 0.0795. The van der Waals surface area contributed by atoms with Gasteiger partial charge in [-0.2, -0.15) is 0 Å². The van der Waals surface area contributed by atoms with E-state index < -0.39 is 0 Å². The number of unbranched alkanes of at least 4 members (excludes halogenated alkanes) is 1. The van der Waals surface area contributed by atoms with Crippen LogP contribution in [0.1, 0.15) is 33.1 Å². The molecule has 0 N–H and O–H groups in total. The molecule has 0 heterocycles. The Morgan fingerprint density at radius 2 is 2.25 bits per heavy atom. The second-order valence-electron chi connectivity index (χ2n) is 2.72. The number of hydrogen-bond acceptors (Lipinski definition) is 3. The van der Waals surface area contributed by atoms with Crippen LogP contribution in [-0.4, -0.2) is 18.7 Å². The van der Waals surface area contributed by atoms with E-state index in [2.05, 4.69) is 16.4 Å². The van der Waals surface area contributed by atoms with Gasteiger partial charge in [-0.1, -0.05) is 13.3 Å². The molecule has 0 saturated heterocycles. The molecule has 2 atom stereocenters. The average molecular weight is 192 g/mol. The lowest BCUT2D eigenvalue weighted by Gasteiger charge is -2.08. The third-order valence-corrected chi connectivity index (χ3v) is 1.91. The van der Waals surface area contributed by atoms with Crippen molar-refractivity contribution in [2.75, 3.05) is 6.61 Å². The van der Waals surface area contributed by atoms with Crippen LogP contribution in [0.5, 0.6) is 0 Å². The largest absolute Gasteiger partial charge is 0.466 e. The molecule has 0 fully saturated rings. The van der Waals surface area contributed by atoms with E-state index in [9.17, 15) is 4.79 Å². The lowest BCUT2D eigenvalue weighted by atomic mass is 10.3. The number of carbonyl (C=O) groups excluding carboxylic acids is 1. The summed E-state index contributed by atoms with van der Waals surface area (Å²) in [6.07, 6.45) is 2.22. The molecular formula is C8H17O3P.